The average Bonchev–Trinajstić information content (AvgIpc) is 2.50. The molecule has 1 aromatic carbocycles. The highest BCUT2D eigenvalue weighted by Crippen LogP contribution is 2.27. The van der Waals surface area contributed by atoms with Crippen molar-refractivity contribution in [3.05, 3.63) is 29.8 Å². The van der Waals surface area contributed by atoms with Crippen molar-refractivity contribution in [3.8, 4) is 5.75 Å². The Morgan fingerprint density at radius 1 is 1.26 bits per heavy atom. The van der Waals surface area contributed by atoms with Crippen molar-refractivity contribution < 1.29 is 24.2 Å². The Kier molecular flexibility index (Phi) is 8.50. The van der Waals surface area contributed by atoms with Crippen molar-refractivity contribution in [3.63, 3.8) is 0 Å². The topological polar surface area (TPSA) is 84.9 Å². The molecular formula is C16H23NO5S. The van der Waals surface area contributed by atoms with Gasteiger partial charge in [-0.1, -0.05) is 18.2 Å². The van der Waals surface area contributed by atoms with Crippen LogP contribution >= 0.6 is 11.8 Å². The highest BCUT2D eigenvalue weighted by atomic mass is 32.2. The predicted octanol–water partition coefficient (Wildman–Crippen LogP) is 2.10. The molecule has 0 radical (unpaired) electrons. The van der Waals surface area contributed by atoms with Gasteiger partial charge in [0.05, 0.1) is 24.7 Å². The van der Waals surface area contributed by atoms with E-state index < -0.39 is 5.97 Å². The fourth-order valence-electron chi connectivity index (χ4n) is 1.98. The van der Waals surface area contributed by atoms with Crippen LogP contribution in [-0.2, 0) is 14.3 Å². The van der Waals surface area contributed by atoms with Gasteiger partial charge in [0.1, 0.15) is 11.9 Å². The Hall–Kier alpha value is -1.73. The van der Waals surface area contributed by atoms with Gasteiger partial charge in [-0.3, -0.25) is 9.59 Å². The van der Waals surface area contributed by atoms with E-state index in [0.29, 0.717) is 12.3 Å². The van der Waals surface area contributed by atoms with Gasteiger partial charge in [0.25, 0.3) is 0 Å². The summed E-state index contributed by atoms with van der Waals surface area (Å²) in [6.07, 6.45) is -0.345. The summed E-state index contributed by atoms with van der Waals surface area (Å²) >= 11 is 1.06. The second kappa shape index (κ2) is 10.1. The Morgan fingerprint density at radius 3 is 2.57 bits per heavy atom. The summed E-state index contributed by atoms with van der Waals surface area (Å²) in [6.45, 7) is 4.14. The van der Waals surface area contributed by atoms with Crippen molar-refractivity contribution in [1.82, 2.24) is 5.32 Å². The smallest absolute Gasteiger partial charge is 0.313 e. The van der Waals surface area contributed by atoms with Gasteiger partial charge in [-0.2, -0.15) is 0 Å². The predicted molar refractivity (Wildman–Crippen MR) is 89.9 cm³/mol. The zero-order valence-corrected chi connectivity index (χ0v) is 14.4. The second-order valence-corrected chi connectivity index (χ2v) is 6.09. The molecule has 1 rings (SSSR count). The van der Waals surface area contributed by atoms with Crippen LogP contribution < -0.4 is 10.1 Å². The minimum Gasteiger partial charge on any atom is -0.496 e. The van der Waals surface area contributed by atoms with Crippen molar-refractivity contribution in [2.24, 2.45) is 0 Å². The van der Waals surface area contributed by atoms with Crippen LogP contribution in [0.2, 0.25) is 0 Å². The molecule has 0 aliphatic heterocycles. The SMILES string of the molecule is COc1ccccc1C(CNC(=O)CSCC(=O)O)OC(C)C. The van der Waals surface area contributed by atoms with Gasteiger partial charge in [-0.05, 0) is 19.9 Å². The maximum atomic E-state index is 11.8. The van der Waals surface area contributed by atoms with E-state index in [1.165, 1.54) is 0 Å². The molecule has 0 aliphatic rings. The first kappa shape index (κ1) is 19.3. The van der Waals surface area contributed by atoms with Crippen molar-refractivity contribution >= 4 is 23.6 Å². The fourth-order valence-corrected chi connectivity index (χ4v) is 2.55. The lowest BCUT2D eigenvalue weighted by Gasteiger charge is -2.23. The number of rotatable bonds is 10. The average molecular weight is 341 g/mol. The Labute approximate surface area is 140 Å². The number of benzene rings is 1. The molecular weight excluding hydrogens is 318 g/mol. The lowest BCUT2D eigenvalue weighted by molar-refractivity contribution is -0.133. The number of hydrogen-bond donors (Lipinski definition) is 2. The monoisotopic (exact) mass is 341 g/mol. The summed E-state index contributed by atoms with van der Waals surface area (Å²) in [5, 5.41) is 11.3. The Morgan fingerprint density at radius 2 is 1.96 bits per heavy atom. The van der Waals surface area contributed by atoms with Gasteiger partial charge in [0.2, 0.25) is 5.91 Å². The number of methoxy groups -OCH3 is 1. The number of ether oxygens (including phenoxy) is 2. The molecule has 1 unspecified atom stereocenters. The van der Waals surface area contributed by atoms with Gasteiger partial charge < -0.3 is 19.9 Å². The first-order valence-corrected chi connectivity index (χ1v) is 8.44. The standard InChI is InChI=1S/C16H23NO5S/c1-11(2)22-14(12-6-4-5-7-13(12)21-3)8-17-15(18)9-23-10-16(19)20/h4-7,11,14H,8-10H2,1-3H3,(H,17,18)(H,19,20). The molecule has 0 saturated heterocycles. The number of hydrogen-bond acceptors (Lipinski definition) is 5. The zero-order valence-electron chi connectivity index (χ0n) is 13.6. The van der Waals surface area contributed by atoms with E-state index in [9.17, 15) is 9.59 Å². The normalized spacial score (nSPS) is 12.0. The van der Waals surface area contributed by atoms with Crippen LogP contribution in [0.15, 0.2) is 24.3 Å². The van der Waals surface area contributed by atoms with Crippen molar-refractivity contribution in [2.75, 3.05) is 25.2 Å². The van der Waals surface area contributed by atoms with E-state index in [2.05, 4.69) is 5.32 Å². The molecule has 7 heteroatoms. The zero-order chi connectivity index (χ0) is 17.2. The highest BCUT2D eigenvalue weighted by molar-refractivity contribution is 8.00. The van der Waals surface area contributed by atoms with Gasteiger partial charge in [-0.25, -0.2) is 0 Å². The molecule has 2 N–H and O–H groups in total. The molecule has 0 aromatic heterocycles. The number of thioether (sulfide) groups is 1. The third kappa shape index (κ3) is 7.38. The molecule has 6 nitrogen and oxygen atoms in total. The van der Waals surface area contributed by atoms with Crippen molar-refractivity contribution in [1.29, 1.82) is 0 Å². The van der Waals surface area contributed by atoms with Crippen molar-refractivity contribution in [2.45, 2.75) is 26.1 Å². The number of nitrogens with one attached hydrogen (secondary N) is 1. The van der Waals surface area contributed by atoms with E-state index in [4.69, 9.17) is 14.6 Å². The lowest BCUT2D eigenvalue weighted by Crippen LogP contribution is -2.32. The summed E-state index contributed by atoms with van der Waals surface area (Å²) in [5.74, 6) is -0.438. The number of carbonyl (C=O) groups is 2. The number of para-hydroxylation sites is 1. The fraction of sp³-hybridized carbons (Fsp3) is 0.500. The summed E-state index contributed by atoms with van der Waals surface area (Å²) in [6, 6.07) is 7.50. The van der Waals surface area contributed by atoms with Gasteiger partial charge in [0, 0.05) is 12.1 Å². The van der Waals surface area contributed by atoms with Gasteiger partial charge in [-0.15, -0.1) is 11.8 Å². The summed E-state index contributed by atoms with van der Waals surface area (Å²) < 4.78 is 11.2. The number of carboxylic acid groups (broad SMARTS) is 1. The molecule has 0 saturated carbocycles. The van der Waals surface area contributed by atoms with E-state index in [1.54, 1.807) is 7.11 Å². The molecule has 0 aliphatic carbocycles. The minimum atomic E-state index is -0.933. The van der Waals surface area contributed by atoms with E-state index in [-0.39, 0.29) is 29.6 Å². The molecule has 0 spiro atoms. The summed E-state index contributed by atoms with van der Waals surface area (Å²) in [5.41, 5.74) is 0.863. The first-order valence-electron chi connectivity index (χ1n) is 7.28. The lowest BCUT2D eigenvalue weighted by atomic mass is 10.1. The van der Waals surface area contributed by atoms with Crippen LogP contribution in [0, 0.1) is 0 Å². The largest absolute Gasteiger partial charge is 0.496 e. The highest BCUT2D eigenvalue weighted by Gasteiger charge is 2.19. The first-order chi connectivity index (χ1) is 10.9. The number of aliphatic carboxylic acids is 1. The molecule has 23 heavy (non-hydrogen) atoms. The molecule has 0 heterocycles. The molecule has 0 bridgehead atoms. The van der Waals surface area contributed by atoms with Gasteiger partial charge in [0.15, 0.2) is 0 Å². The van der Waals surface area contributed by atoms with Gasteiger partial charge >= 0.3 is 5.97 Å². The third-order valence-corrected chi connectivity index (χ3v) is 3.78. The quantitative estimate of drug-likeness (QED) is 0.678. The summed E-state index contributed by atoms with van der Waals surface area (Å²) in [4.78, 5) is 22.2. The van der Waals surface area contributed by atoms with Crippen LogP contribution in [0.25, 0.3) is 0 Å². The van der Waals surface area contributed by atoms with E-state index >= 15 is 0 Å². The molecule has 1 aromatic rings. The minimum absolute atomic E-state index is 0.0109. The third-order valence-electron chi connectivity index (χ3n) is 2.87. The Bertz CT molecular complexity index is 521. The van der Waals surface area contributed by atoms with E-state index in [0.717, 1.165) is 17.3 Å². The van der Waals surface area contributed by atoms with Crippen LogP contribution in [0.3, 0.4) is 0 Å². The number of amides is 1. The molecule has 1 atom stereocenters. The van der Waals surface area contributed by atoms with Crippen LogP contribution in [0.4, 0.5) is 0 Å². The molecule has 0 fully saturated rings. The van der Waals surface area contributed by atoms with E-state index in [1.807, 2.05) is 38.1 Å². The summed E-state index contributed by atoms with van der Waals surface area (Å²) in [7, 11) is 1.59. The maximum absolute atomic E-state index is 11.8. The maximum Gasteiger partial charge on any atom is 0.313 e. The number of carbonyl (C=O) groups excluding carboxylic acids is 1. The number of carboxylic acids is 1. The Balaban J connectivity index is 2.65. The van der Waals surface area contributed by atoms with Crippen LogP contribution in [0.1, 0.15) is 25.5 Å². The molecule has 1 amide bonds. The molecule has 128 valence electrons. The van der Waals surface area contributed by atoms with Crippen LogP contribution in [-0.4, -0.2) is 48.2 Å². The van der Waals surface area contributed by atoms with Crippen LogP contribution in [0.5, 0.6) is 5.75 Å². The second-order valence-electron chi connectivity index (χ2n) is 5.11.